The van der Waals surface area contributed by atoms with E-state index in [1.807, 2.05) is 6.07 Å². The maximum absolute atomic E-state index is 12.2. The monoisotopic (exact) mass is 449 g/mol. The van der Waals surface area contributed by atoms with Crippen LogP contribution in [0.2, 0.25) is 10.0 Å². The van der Waals surface area contributed by atoms with Crippen molar-refractivity contribution in [1.82, 2.24) is 10.0 Å². The molecule has 1 aliphatic carbocycles. The third-order valence-electron chi connectivity index (χ3n) is 4.22. The number of hydrogen-bond acceptors (Lipinski definition) is 4. The van der Waals surface area contributed by atoms with Gasteiger partial charge in [-0.1, -0.05) is 47.5 Å². The molecular formula is C20H17Cl2N3O3S. The van der Waals surface area contributed by atoms with Crippen LogP contribution in [0.5, 0.6) is 0 Å². The van der Waals surface area contributed by atoms with Gasteiger partial charge in [-0.3, -0.25) is 4.79 Å². The van der Waals surface area contributed by atoms with E-state index in [0.717, 1.165) is 12.8 Å². The number of carbonyl (C=O) groups is 1. The van der Waals surface area contributed by atoms with E-state index < -0.39 is 22.0 Å². The molecule has 1 fully saturated rings. The molecule has 1 unspecified atom stereocenters. The second-order valence-electron chi connectivity index (χ2n) is 6.51. The van der Waals surface area contributed by atoms with Crippen molar-refractivity contribution in [2.24, 2.45) is 0 Å². The van der Waals surface area contributed by atoms with Gasteiger partial charge in [-0.05, 0) is 42.7 Å². The van der Waals surface area contributed by atoms with Crippen LogP contribution >= 0.6 is 23.2 Å². The van der Waals surface area contributed by atoms with Crippen molar-refractivity contribution >= 4 is 45.2 Å². The number of rotatable bonds is 7. The van der Waals surface area contributed by atoms with E-state index in [4.69, 9.17) is 23.2 Å². The normalized spacial score (nSPS) is 15.1. The molecule has 0 aliphatic heterocycles. The Morgan fingerprint density at radius 1 is 1.17 bits per heavy atom. The third kappa shape index (κ3) is 5.58. The number of amides is 1. The number of nitriles is 1. The van der Waals surface area contributed by atoms with E-state index in [2.05, 4.69) is 10.0 Å². The molecule has 0 radical (unpaired) electrons. The van der Waals surface area contributed by atoms with E-state index in [0.29, 0.717) is 16.1 Å². The number of hydrogen-bond donors (Lipinski definition) is 2. The molecule has 0 aromatic heterocycles. The lowest BCUT2D eigenvalue weighted by Gasteiger charge is -2.12. The first kappa shape index (κ1) is 21.3. The lowest BCUT2D eigenvalue weighted by Crippen LogP contribution is -2.26. The molecule has 2 aromatic carbocycles. The minimum Gasteiger partial charge on any atom is -0.333 e. The highest BCUT2D eigenvalue weighted by molar-refractivity contribution is 7.89. The molecule has 2 aromatic rings. The van der Waals surface area contributed by atoms with Crippen LogP contribution < -0.4 is 10.0 Å². The van der Waals surface area contributed by atoms with Crippen LogP contribution in [-0.4, -0.2) is 20.4 Å². The van der Waals surface area contributed by atoms with Gasteiger partial charge in [-0.25, -0.2) is 13.1 Å². The van der Waals surface area contributed by atoms with E-state index in [9.17, 15) is 18.5 Å². The zero-order valence-corrected chi connectivity index (χ0v) is 17.4. The quantitative estimate of drug-likeness (QED) is 0.627. The summed E-state index contributed by atoms with van der Waals surface area (Å²) in [6.45, 7) is 0. The highest BCUT2D eigenvalue weighted by Crippen LogP contribution is 2.29. The molecule has 9 heteroatoms. The topological polar surface area (TPSA) is 99.1 Å². The van der Waals surface area contributed by atoms with Crippen molar-refractivity contribution in [3.05, 3.63) is 69.7 Å². The Bertz CT molecular complexity index is 1090. The number of nitrogens with zero attached hydrogens (tertiary/aromatic N) is 1. The fourth-order valence-corrected chi connectivity index (χ4v) is 4.25. The van der Waals surface area contributed by atoms with Crippen molar-refractivity contribution in [3.63, 3.8) is 0 Å². The summed E-state index contributed by atoms with van der Waals surface area (Å²) in [4.78, 5) is 12.4. The fourth-order valence-electron chi connectivity index (χ4n) is 2.53. The highest BCUT2D eigenvalue weighted by atomic mass is 35.5. The van der Waals surface area contributed by atoms with E-state index in [1.165, 1.54) is 24.3 Å². The maximum Gasteiger partial charge on any atom is 0.245 e. The van der Waals surface area contributed by atoms with Gasteiger partial charge < -0.3 is 5.32 Å². The summed E-state index contributed by atoms with van der Waals surface area (Å²) in [5.74, 6) is -0.500. The molecule has 1 saturated carbocycles. The molecule has 150 valence electrons. The first-order valence-electron chi connectivity index (χ1n) is 8.74. The van der Waals surface area contributed by atoms with Gasteiger partial charge in [0.05, 0.1) is 21.0 Å². The summed E-state index contributed by atoms with van der Waals surface area (Å²) in [5, 5.41) is 12.4. The van der Waals surface area contributed by atoms with Crippen LogP contribution in [0.1, 0.15) is 30.0 Å². The van der Waals surface area contributed by atoms with Crippen LogP contribution in [0.15, 0.2) is 53.4 Å². The maximum atomic E-state index is 12.2. The SMILES string of the molecule is N#CC(NC(=O)/C=C/c1ccc(S(=O)(=O)NC2CC2)cc1)c1cccc(Cl)c1Cl. The van der Waals surface area contributed by atoms with E-state index in [1.54, 1.807) is 30.3 Å². The molecule has 29 heavy (non-hydrogen) atoms. The van der Waals surface area contributed by atoms with Crippen LogP contribution in [0, 0.1) is 11.3 Å². The Balaban J connectivity index is 1.65. The third-order valence-corrected chi connectivity index (χ3v) is 6.59. The van der Waals surface area contributed by atoms with Crippen molar-refractivity contribution in [2.75, 3.05) is 0 Å². The van der Waals surface area contributed by atoms with E-state index >= 15 is 0 Å². The first-order valence-corrected chi connectivity index (χ1v) is 11.0. The molecule has 0 saturated heterocycles. The molecule has 0 spiro atoms. The summed E-state index contributed by atoms with van der Waals surface area (Å²) < 4.78 is 26.9. The lowest BCUT2D eigenvalue weighted by atomic mass is 10.1. The second kappa shape index (κ2) is 8.97. The fraction of sp³-hybridized carbons (Fsp3) is 0.200. The minimum atomic E-state index is -3.52. The molecule has 3 rings (SSSR count). The summed E-state index contributed by atoms with van der Waals surface area (Å²) in [6, 6.07) is 12.0. The van der Waals surface area contributed by atoms with Gasteiger partial charge in [0, 0.05) is 17.7 Å². The summed E-state index contributed by atoms with van der Waals surface area (Å²) in [6.07, 6.45) is 4.50. The van der Waals surface area contributed by atoms with Crippen molar-refractivity contribution in [1.29, 1.82) is 5.26 Å². The Hall–Kier alpha value is -2.37. The van der Waals surface area contributed by atoms with Gasteiger partial charge >= 0.3 is 0 Å². The smallest absolute Gasteiger partial charge is 0.245 e. The standard InChI is InChI=1S/C20H17Cl2N3O3S/c21-17-3-1-2-16(20(17)22)18(12-23)24-19(26)11-6-13-4-9-15(10-5-13)29(27,28)25-14-7-8-14/h1-6,9-11,14,18,25H,7-8H2,(H,24,26)/b11-6+. The van der Waals surface area contributed by atoms with E-state index in [-0.39, 0.29) is 16.0 Å². The molecule has 1 atom stereocenters. The summed E-state index contributed by atoms with van der Waals surface area (Å²) in [5.41, 5.74) is 1.04. The average Bonchev–Trinajstić information content (AvgIpc) is 3.50. The predicted molar refractivity (Wildman–Crippen MR) is 112 cm³/mol. The molecule has 6 nitrogen and oxygen atoms in total. The number of sulfonamides is 1. The van der Waals surface area contributed by atoms with Crippen LogP contribution in [-0.2, 0) is 14.8 Å². The number of carbonyl (C=O) groups excluding carboxylic acids is 1. The Morgan fingerprint density at radius 2 is 1.86 bits per heavy atom. The average molecular weight is 450 g/mol. The number of benzene rings is 2. The lowest BCUT2D eigenvalue weighted by molar-refractivity contribution is -0.116. The van der Waals surface area contributed by atoms with Gasteiger partial charge in [0.25, 0.3) is 0 Å². The van der Waals surface area contributed by atoms with Crippen molar-refractivity contribution in [3.8, 4) is 6.07 Å². The highest BCUT2D eigenvalue weighted by Gasteiger charge is 2.27. The molecule has 2 N–H and O–H groups in total. The zero-order chi connectivity index (χ0) is 21.0. The van der Waals surface area contributed by atoms with Gasteiger partial charge in [0.15, 0.2) is 0 Å². The van der Waals surface area contributed by atoms with Gasteiger partial charge in [-0.15, -0.1) is 0 Å². The van der Waals surface area contributed by atoms with Gasteiger partial charge in [0.1, 0.15) is 6.04 Å². The predicted octanol–water partition coefficient (Wildman–Crippen LogP) is 3.83. The number of nitrogens with one attached hydrogen (secondary N) is 2. The molecule has 0 bridgehead atoms. The second-order valence-corrected chi connectivity index (χ2v) is 9.01. The molecule has 1 amide bonds. The van der Waals surface area contributed by atoms with Gasteiger partial charge in [-0.2, -0.15) is 5.26 Å². The molecular weight excluding hydrogens is 433 g/mol. The minimum absolute atomic E-state index is 0.0318. The molecule has 0 heterocycles. The first-order chi connectivity index (χ1) is 13.8. The van der Waals surface area contributed by atoms with Crippen LogP contribution in [0.4, 0.5) is 0 Å². The zero-order valence-electron chi connectivity index (χ0n) is 15.1. The van der Waals surface area contributed by atoms with Crippen LogP contribution in [0.3, 0.4) is 0 Å². The Labute approximate surface area is 179 Å². The van der Waals surface area contributed by atoms with Gasteiger partial charge in [0.2, 0.25) is 15.9 Å². The Morgan fingerprint density at radius 3 is 2.48 bits per heavy atom. The van der Waals surface area contributed by atoms with Crippen molar-refractivity contribution in [2.45, 2.75) is 29.8 Å². The largest absolute Gasteiger partial charge is 0.333 e. The summed E-state index contributed by atoms with van der Waals surface area (Å²) in [7, 11) is -3.52. The number of halogens is 2. The summed E-state index contributed by atoms with van der Waals surface area (Å²) >= 11 is 12.1. The van der Waals surface area contributed by atoms with Crippen molar-refractivity contribution < 1.29 is 13.2 Å². The van der Waals surface area contributed by atoms with Crippen LogP contribution in [0.25, 0.3) is 6.08 Å². The Kier molecular flexibility index (Phi) is 6.60. The molecule has 1 aliphatic rings.